The van der Waals surface area contributed by atoms with E-state index < -0.39 is 5.97 Å². The van der Waals surface area contributed by atoms with E-state index >= 15 is 0 Å². The molecule has 0 atom stereocenters. The maximum atomic E-state index is 13.7. The molecule has 3 aromatic rings. The van der Waals surface area contributed by atoms with Crippen LogP contribution >= 0.6 is 0 Å². The summed E-state index contributed by atoms with van der Waals surface area (Å²) in [6.07, 6.45) is 1.81. The molecule has 0 heterocycles. The van der Waals surface area contributed by atoms with Gasteiger partial charge in [-0.1, -0.05) is 32.8 Å². The zero-order chi connectivity index (χ0) is 27.4. The third-order valence-corrected chi connectivity index (χ3v) is 7.28. The van der Waals surface area contributed by atoms with Gasteiger partial charge in [0.25, 0.3) is 0 Å². The summed E-state index contributed by atoms with van der Waals surface area (Å²) in [6, 6.07) is 7.01. The summed E-state index contributed by atoms with van der Waals surface area (Å²) >= 11 is 0. The predicted molar refractivity (Wildman–Crippen MR) is 145 cm³/mol. The Morgan fingerprint density at radius 1 is 0.838 bits per heavy atom. The Hall–Kier alpha value is -3.74. The summed E-state index contributed by atoms with van der Waals surface area (Å²) in [7, 11) is 5.90. The van der Waals surface area contributed by atoms with E-state index in [1.165, 1.54) is 14.2 Å². The number of hydrogen-bond donors (Lipinski definition) is 1. The molecule has 0 fully saturated rings. The van der Waals surface area contributed by atoms with Crippen molar-refractivity contribution < 1.29 is 33.6 Å². The molecule has 0 aliphatic heterocycles. The second kappa shape index (κ2) is 11.5. The molecule has 7 nitrogen and oxygen atoms in total. The molecular formula is C30H36O7. The average Bonchev–Trinajstić information content (AvgIpc) is 2.92. The van der Waals surface area contributed by atoms with Gasteiger partial charge >= 0.3 is 5.97 Å². The molecule has 0 aliphatic carbocycles. The Morgan fingerprint density at radius 3 is 2.00 bits per heavy atom. The van der Waals surface area contributed by atoms with E-state index in [1.54, 1.807) is 38.5 Å². The summed E-state index contributed by atoms with van der Waals surface area (Å²) in [5.74, 6) is 0.403. The highest BCUT2D eigenvalue weighted by molar-refractivity contribution is 6.20. The fraction of sp³-hybridized carbons (Fsp3) is 0.400. The first kappa shape index (κ1) is 27.8. The van der Waals surface area contributed by atoms with Gasteiger partial charge in [0.05, 0.1) is 39.6 Å². The first-order chi connectivity index (χ1) is 17.7. The van der Waals surface area contributed by atoms with Gasteiger partial charge in [-0.3, -0.25) is 4.79 Å². The highest BCUT2D eigenvalue weighted by Crippen LogP contribution is 2.47. The second-order valence-electron chi connectivity index (χ2n) is 9.10. The maximum Gasteiger partial charge on any atom is 0.339 e. The highest BCUT2D eigenvalue weighted by Gasteiger charge is 2.32. The van der Waals surface area contributed by atoms with Crippen LogP contribution in [0.5, 0.6) is 23.0 Å². The van der Waals surface area contributed by atoms with E-state index in [2.05, 4.69) is 0 Å². The van der Waals surface area contributed by atoms with Crippen LogP contribution < -0.4 is 14.2 Å². The van der Waals surface area contributed by atoms with Crippen molar-refractivity contribution >= 4 is 22.5 Å². The topological polar surface area (TPSA) is 91.3 Å². The minimum atomic E-state index is -0.706. The van der Waals surface area contributed by atoms with Crippen molar-refractivity contribution in [1.82, 2.24) is 0 Å². The zero-order valence-electron chi connectivity index (χ0n) is 22.9. The molecule has 0 aliphatic rings. The van der Waals surface area contributed by atoms with Crippen LogP contribution in [0, 0.1) is 19.8 Å². The first-order valence-electron chi connectivity index (χ1n) is 12.4. The van der Waals surface area contributed by atoms with Crippen molar-refractivity contribution in [2.75, 3.05) is 28.4 Å². The average molecular weight is 509 g/mol. The molecule has 0 aromatic heterocycles. The van der Waals surface area contributed by atoms with Crippen LogP contribution in [0.2, 0.25) is 0 Å². The minimum absolute atomic E-state index is 0.0309. The van der Waals surface area contributed by atoms with Gasteiger partial charge in [-0.05, 0) is 60.0 Å². The van der Waals surface area contributed by atoms with Crippen molar-refractivity contribution in [3.63, 3.8) is 0 Å². The number of benzene rings is 3. The van der Waals surface area contributed by atoms with E-state index in [1.807, 2.05) is 27.7 Å². The van der Waals surface area contributed by atoms with Gasteiger partial charge in [0.1, 0.15) is 11.5 Å². The number of phenolic OH excluding ortho intramolecular Hbond substituents is 1. The number of aryl methyl sites for hydroxylation is 1. The highest BCUT2D eigenvalue weighted by atomic mass is 16.5. The van der Waals surface area contributed by atoms with Crippen LogP contribution in [0.1, 0.15) is 65.0 Å². The number of aromatic hydroxyl groups is 1. The predicted octanol–water partition coefficient (Wildman–Crippen LogP) is 6.65. The third-order valence-electron chi connectivity index (χ3n) is 7.28. The second-order valence-corrected chi connectivity index (χ2v) is 9.10. The smallest absolute Gasteiger partial charge is 0.339 e. The quantitative estimate of drug-likeness (QED) is 0.242. The van der Waals surface area contributed by atoms with Gasteiger partial charge in [0, 0.05) is 17.4 Å². The molecule has 0 spiro atoms. The molecule has 0 amide bonds. The SMILES string of the molecule is CCC(CC)CC(=O)c1c(C(=O)OC)c(-c2ccc(OC)c(OC)c2)c2c(C)c(C)c(OC)cc2c1O. The summed E-state index contributed by atoms with van der Waals surface area (Å²) in [4.78, 5) is 27.1. The van der Waals surface area contributed by atoms with Crippen molar-refractivity contribution in [1.29, 1.82) is 0 Å². The first-order valence-corrected chi connectivity index (χ1v) is 12.4. The number of carbonyl (C=O) groups excluding carboxylic acids is 2. The number of Topliss-reactive ketones (excluding diaryl/α,β-unsaturated/α-hetero) is 1. The molecule has 7 heteroatoms. The molecule has 0 unspecified atom stereocenters. The van der Waals surface area contributed by atoms with Crippen LogP contribution in [-0.2, 0) is 4.74 Å². The summed E-state index contributed by atoms with van der Waals surface area (Å²) in [5.41, 5.74) is 2.75. The summed E-state index contributed by atoms with van der Waals surface area (Å²) < 4.78 is 21.7. The fourth-order valence-corrected chi connectivity index (χ4v) is 4.91. The van der Waals surface area contributed by atoms with Crippen LogP contribution in [-0.4, -0.2) is 45.3 Å². The van der Waals surface area contributed by atoms with Crippen LogP contribution in [0.15, 0.2) is 24.3 Å². The Labute approximate surface area is 218 Å². The monoisotopic (exact) mass is 508 g/mol. The van der Waals surface area contributed by atoms with Gasteiger partial charge in [-0.25, -0.2) is 4.79 Å². The number of ether oxygens (including phenoxy) is 4. The standard InChI is InChI=1S/C30H36O7/c1-9-18(10-2)13-21(31)27-28(30(33)37-8)26(19-11-12-22(34-5)24(14-19)36-7)25-17(4)16(3)23(35-6)15-20(25)29(27)32/h11-12,14-15,18,32H,9-10,13H2,1-8H3. The van der Waals surface area contributed by atoms with Crippen molar-refractivity contribution in [2.24, 2.45) is 5.92 Å². The Balaban J connectivity index is 2.59. The van der Waals surface area contributed by atoms with Crippen LogP contribution in [0.4, 0.5) is 0 Å². The van der Waals surface area contributed by atoms with E-state index in [4.69, 9.17) is 18.9 Å². The van der Waals surface area contributed by atoms with E-state index in [0.717, 1.165) is 24.0 Å². The van der Waals surface area contributed by atoms with Gasteiger partial charge in [0.15, 0.2) is 17.3 Å². The molecule has 0 saturated carbocycles. The molecule has 198 valence electrons. The lowest BCUT2D eigenvalue weighted by atomic mass is 9.82. The summed E-state index contributed by atoms with van der Waals surface area (Å²) in [6.45, 7) is 7.85. The fourth-order valence-electron chi connectivity index (χ4n) is 4.91. The largest absolute Gasteiger partial charge is 0.507 e. The van der Waals surface area contributed by atoms with Crippen LogP contribution in [0.3, 0.4) is 0 Å². The maximum absolute atomic E-state index is 13.7. The Morgan fingerprint density at radius 2 is 1.46 bits per heavy atom. The Bertz CT molecular complexity index is 1340. The molecule has 0 bridgehead atoms. The molecule has 3 rings (SSSR count). The van der Waals surface area contributed by atoms with Gasteiger partial charge < -0.3 is 24.1 Å². The Kier molecular flexibility index (Phi) is 8.69. The molecule has 37 heavy (non-hydrogen) atoms. The summed E-state index contributed by atoms with van der Waals surface area (Å²) in [5, 5.41) is 12.6. The number of hydrogen-bond acceptors (Lipinski definition) is 7. The number of fused-ring (bicyclic) bond motifs is 1. The number of rotatable bonds is 10. The molecule has 1 N–H and O–H groups in total. The van der Waals surface area contributed by atoms with Crippen LogP contribution in [0.25, 0.3) is 21.9 Å². The lowest BCUT2D eigenvalue weighted by Crippen LogP contribution is -2.16. The zero-order valence-corrected chi connectivity index (χ0v) is 22.9. The van der Waals surface area contributed by atoms with Crippen molar-refractivity contribution in [3.8, 4) is 34.1 Å². The number of carbonyl (C=O) groups is 2. The van der Waals surface area contributed by atoms with Gasteiger partial charge in [0.2, 0.25) is 0 Å². The van der Waals surface area contributed by atoms with E-state index in [-0.39, 0.29) is 35.0 Å². The van der Waals surface area contributed by atoms with E-state index in [9.17, 15) is 14.7 Å². The van der Waals surface area contributed by atoms with Crippen molar-refractivity contribution in [3.05, 3.63) is 46.5 Å². The minimum Gasteiger partial charge on any atom is -0.507 e. The lowest BCUT2D eigenvalue weighted by Gasteiger charge is -2.23. The number of esters is 1. The number of ketones is 1. The number of methoxy groups -OCH3 is 4. The third kappa shape index (κ3) is 4.95. The van der Waals surface area contributed by atoms with Gasteiger partial charge in [-0.15, -0.1) is 0 Å². The number of phenols is 1. The van der Waals surface area contributed by atoms with Crippen molar-refractivity contribution in [2.45, 2.75) is 47.0 Å². The molecule has 0 saturated heterocycles. The van der Waals surface area contributed by atoms with E-state index in [0.29, 0.717) is 39.1 Å². The molecular weight excluding hydrogens is 472 g/mol. The van der Waals surface area contributed by atoms with Gasteiger partial charge in [-0.2, -0.15) is 0 Å². The molecule has 3 aromatic carbocycles. The molecule has 0 radical (unpaired) electrons. The lowest BCUT2D eigenvalue weighted by molar-refractivity contribution is 0.0597. The normalized spacial score (nSPS) is 11.1.